The summed E-state index contributed by atoms with van der Waals surface area (Å²) in [6.45, 7) is 5.81. The van der Waals surface area contributed by atoms with Gasteiger partial charge in [0.15, 0.2) is 5.82 Å². The smallest absolute Gasteiger partial charge is 0.156 e. The molecule has 7 aromatic rings. The summed E-state index contributed by atoms with van der Waals surface area (Å²) < 4.78 is 6.95. The van der Waals surface area contributed by atoms with E-state index in [9.17, 15) is 5.26 Å². The topological polar surface area (TPSA) is 58.8 Å². The number of nitriles is 1. The van der Waals surface area contributed by atoms with E-state index in [2.05, 4.69) is 128 Å². The molecule has 4 heteroatoms. The second kappa shape index (κ2) is 12.9. The molecule has 4 nitrogen and oxygen atoms in total. The highest BCUT2D eigenvalue weighted by molar-refractivity contribution is 5.91. The average Bonchev–Trinajstić information content (AvgIpc) is 3.51. The van der Waals surface area contributed by atoms with Gasteiger partial charge in [-0.2, -0.15) is 5.26 Å². The molecule has 2 aliphatic rings. The maximum absolute atomic E-state index is 10.4. The second-order valence-corrected chi connectivity index (χ2v) is 13.3. The number of aromatic nitrogens is 2. The van der Waals surface area contributed by atoms with Crippen molar-refractivity contribution in [2.45, 2.75) is 12.3 Å². The molecule has 0 amide bonds. The fraction of sp³-hybridized carbons (Fsp3) is 0.0408. The zero-order valence-corrected chi connectivity index (χ0v) is 29.1. The van der Waals surface area contributed by atoms with Crippen LogP contribution in [0.15, 0.2) is 176 Å². The van der Waals surface area contributed by atoms with Crippen LogP contribution in [0.25, 0.3) is 50.3 Å². The monoisotopic (exact) mass is 679 g/mol. The van der Waals surface area contributed by atoms with Crippen molar-refractivity contribution in [1.29, 1.82) is 5.26 Å². The van der Waals surface area contributed by atoms with E-state index in [1.807, 2.05) is 55.5 Å². The maximum atomic E-state index is 10.4. The number of ether oxygens (including phenoxy) is 1. The molecule has 0 unspecified atom stereocenters. The van der Waals surface area contributed by atoms with Crippen LogP contribution >= 0.6 is 0 Å². The third-order valence-corrected chi connectivity index (χ3v) is 10.3. The molecule has 250 valence electrons. The van der Waals surface area contributed by atoms with E-state index in [-0.39, 0.29) is 0 Å². The van der Waals surface area contributed by atoms with Crippen molar-refractivity contribution in [3.8, 4) is 62.3 Å². The van der Waals surface area contributed by atoms with Crippen LogP contribution in [-0.2, 0) is 5.41 Å². The lowest BCUT2D eigenvalue weighted by atomic mass is 9.65. The highest BCUT2D eigenvalue weighted by atomic mass is 16.5. The van der Waals surface area contributed by atoms with E-state index >= 15 is 0 Å². The van der Waals surface area contributed by atoms with Crippen molar-refractivity contribution in [3.63, 3.8) is 0 Å². The SMILES string of the molecule is C=C/C=C\C=C(/C)c1nc(-c2ccccc2)cc(-c2cccc(-c3cccc4c3Oc3c(C#N)cccc3C43c4ccccc4-c4ccccc43)c2)n1. The van der Waals surface area contributed by atoms with Crippen LogP contribution in [0.4, 0.5) is 0 Å². The van der Waals surface area contributed by atoms with E-state index in [1.54, 1.807) is 6.08 Å². The second-order valence-electron chi connectivity index (χ2n) is 13.3. The van der Waals surface area contributed by atoms with Gasteiger partial charge in [-0.15, -0.1) is 0 Å². The quantitative estimate of drug-likeness (QED) is 0.164. The van der Waals surface area contributed by atoms with E-state index in [1.165, 1.54) is 22.3 Å². The maximum Gasteiger partial charge on any atom is 0.156 e. The Balaban J connectivity index is 1.26. The van der Waals surface area contributed by atoms with Crippen LogP contribution < -0.4 is 4.74 Å². The lowest BCUT2D eigenvalue weighted by molar-refractivity contribution is 0.436. The van der Waals surface area contributed by atoms with Crippen molar-refractivity contribution in [2.75, 3.05) is 0 Å². The largest absolute Gasteiger partial charge is 0.455 e. The molecule has 1 aliphatic heterocycles. The Morgan fingerprint density at radius 3 is 1.89 bits per heavy atom. The highest BCUT2D eigenvalue weighted by Gasteiger charge is 2.51. The number of nitrogens with zero attached hydrogens (tertiary/aromatic N) is 3. The fourth-order valence-corrected chi connectivity index (χ4v) is 7.99. The van der Waals surface area contributed by atoms with Crippen molar-refractivity contribution in [1.82, 2.24) is 9.97 Å². The Kier molecular flexibility index (Phi) is 7.76. The van der Waals surface area contributed by atoms with Gasteiger partial charge in [0.2, 0.25) is 0 Å². The summed E-state index contributed by atoms with van der Waals surface area (Å²) in [7, 11) is 0. The summed E-state index contributed by atoms with van der Waals surface area (Å²) in [4.78, 5) is 10.1. The summed E-state index contributed by atoms with van der Waals surface area (Å²) in [5, 5.41) is 10.4. The lowest BCUT2D eigenvalue weighted by Crippen LogP contribution is -2.32. The summed E-state index contributed by atoms with van der Waals surface area (Å²) in [6, 6.07) is 52.7. The predicted octanol–water partition coefficient (Wildman–Crippen LogP) is 12.0. The molecule has 1 spiro atoms. The van der Waals surface area contributed by atoms with Crippen molar-refractivity contribution in [2.24, 2.45) is 0 Å². The number of allylic oxidation sites excluding steroid dienone is 5. The van der Waals surface area contributed by atoms with Gasteiger partial charge in [0.1, 0.15) is 17.6 Å². The molecular formula is C49H33N3O. The van der Waals surface area contributed by atoms with Gasteiger partial charge in [-0.05, 0) is 58.5 Å². The standard InChI is InChI=1S/C49H33N3O/c1-3-4-6-16-32(2)48-51-44(33-17-7-5-8-18-33)30-45(52-48)35-20-13-19-34(29-35)37-24-15-28-43-47(37)53-46-36(31-50)21-14-27-42(46)49(43)40-25-11-9-22-38(40)39-23-10-12-26-41(39)49/h3-30H,1H2,2H3/b6-4-,32-16+. The summed E-state index contributed by atoms with van der Waals surface area (Å²) in [6.07, 6.45) is 7.59. The van der Waals surface area contributed by atoms with Gasteiger partial charge in [0.05, 0.1) is 22.4 Å². The zero-order chi connectivity index (χ0) is 35.9. The summed E-state index contributed by atoms with van der Waals surface area (Å²) >= 11 is 0. The minimum absolute atomic E-state index is 0.506. The average molecular weight is 680 g/mol. The van der Waals surface area contributed by atoms with Crippen molar-refractivity contribution < 1.29 is 4.74 Å². The van der Waals surface area contributed by atoms with Crippen LogP contribution in [0.3, 0.4) is 0 Å². The van der Waals surface area contributed by atoms with Crippen LogP contribution in [0, 0.1) is 11.3 Å². The van der Waals surface area contributed by atoms with Gasteiger partial charge in [-0.1, -0.05) is 158 Å². The molecule has 9 rings (SSSR count). The van der Waals surface area contributed by atoms with Crippen LogP contribution in [0.2, 0.25) is 0 Å². The summed E-state index contributed by atoms with van der Waals surface area (Å²) in [5.74, 6) is 1.99. The number of benzene rings is 6. The highest BCUT2D eigenvalue weighted by Crippen LogP contribution is 2.63. The first-order valence-corrected chi connectivity index (χ1v) is 17.7. The van der Waals surface area contributed by atoms with Gasteiger partial charge in [0.25, 0.3) is 0 Å². The van der Waals surface area contributed by atoms with Gasteiger partial charge < -0.3 is 4.74 Å². The lowest BCUT2D eigenvalue weighted by Gasteiger charge is -2.40. The third-order valence-electron chi connectivity index (χ3n) is 10.3. The molecule has 53 heavy (non-hydrogen) atoms. The molecule has 0 atom stereocenters. The van der Waals surface area contributed by atoms with Gasteiger partial charge in [-0.3, -0.25) is 0 Å². The van der Waals surface area contributed by atoms with E-state index in [4.69, 9.17) is 14.7 Å². The van der Waals surface area contributed by atoms with Crippen LogP contribution in [0.5, 0.6) is 11.5 Å². The van der Waals surface area contributed by atoms with E-state index in [0.717, 1.165) is 56.1 Å². The fourth-order valence-electron chi connectivity index (χ4n) is 7.99. The van der Waals surface area contributed by atoms with E-state index in [0.29, 0.717) is 17.1 Å². The minimum atomic E-state index is -0.674. The minimum Gasteiger partial charge on any atom is -0.455 e. The molecule has 1 aromatic heterocycles. The molecule has 0 bridgehead atoms. The first-order valence-electron chi connectivity index (χ1n) is 17.7. The number of para-hydroxylation sites is 2. The first-order chi connectivity index (χ1) is 26.1. The molecule has 1 aliphatic carbocycles. The van der Waals surface area contributed by atoms with Crippen molar-refractivity contribution in [3.05, 3.63) is 210 Å². The van der Waals surface area contributed by atoms with Crippen LogP contribution in [-0.4, -0.2) is 9.97 Å². The number of hydrogen-bond donors (Lipinski definition) is 0. The first kappa shape index (κ1) is 31.9. The Morgan fingerprint density at radius 1 is 0.604 bits per heavy atom. The number of hydrogen-bond acceptors (Lipinski definition) is 4. The molecule has 0 saturated carbocycles. The number of fused-ring (bicyclic) bond motifs is 9. The van der Waals surface area contributed by atoms with Gasteiger partial charge >= 0.3 is 0 Å². The summed E-state index contributed by atoms with van der Waals surface area (Å²) in [5.41, 5.74) is 13.1. The Labute approximate surface area is 309 Å². The molecular weight excluding hydrogens is 647 g/mol. The third kappa shape index (κ3) is 5.05. The van der Waals surface area contributed by atoms with Crippen LogP contribution in [0.1, 0.15) is 40.6 Å². The van der Waals surface area contributed by atoms with E-state index < -0.39 is 5.41 Å². The van der Waals surface area contributed by atoms with Gasteiger partial charge in [-0.25, -0.2) is 9.97 Å². The molecule has 0 N–H and O–H groups in total. The zero-order valence-electron chi connectivity index (χ0n) is 29.1. The normalized spacial score (nSPS) is 13.4. The molecule has 0 radical (unpaired) electrons. The molecule has 2 heterocycles. The molecule has 6 aromatic carbocycles. The molecule has 0 fully saturated rings. The van der Waals surface area contributed by atoms with Crippen molar-refractivity contribution >= 4 is 5.57 Å². The number of rotatable bonds is 6. The Hall–Kier alpha value is -7.09. The Morgan fingerprint density at radius 2 is 1.17 bits per heavy atom. The van der Waals surface area contributed by atoms with Gasteiger partial charge in [0, 0.05) is 27.8 Å². The Bertz CT molecular complexity index is 2650. The molecule has 0 saturated heterocycles. The predicted molar refractivity (Wildman–Crippen MR) is 213 cm³/mol.